The van der Waals surface area contributed by atoms with Crippen molar-refractivity contribution in [1.29, 1.82) is 0 Å². The zero-order valence-electron chi connectivity index (χ0n) is 12.2. The monoisotopic (exact) mass is 281 g/mol. The van der Waals surface area contributed by atoms with E-state index in [-0.39, 0.29) is 5.78 Å². The van der Waals surface area contributed by atoms with E-state index in [9.17, 15) is 4.79 Å². The number of ketones is 1. The number of aryl methyl sites for hydroxylation is 1. The molecule has 1 aliphatic rings. The molecule has 2 heterocycles. The summed E-state index contributed by atoms with van der Waals surface area (Å²) in [5, 5.41) is 3.33. The zero-order valence-corrected chi connectivity index (χ0v) is 12.2. The van der Waals surface area contributed by atoms with Crippen LogP contribution in [-0.4, -0.2) is 36.9 Å². The molecule has 1 saturated heterocycles. The van der Waals surface area contributed by atoms with E-state index in [4.69, 9.17) is 0 Å². The molecule has 0 radical (unpaired) electrons. The third kappa shape index (κ3) is 2.95. The second-order valence-electron chi connectivity index (χ2n) is 5.23. The van der Waals surface area contributed by atoms with Gasteiger partial charge in [0.2, 0.25) is 0 Å². The zero-order chi connectivity index (χ0) is 14.7. The minimum absolute atomic E-state index is 0.0347. The van der Waals surface area contributed by atoms with Crippen molar-refractivity contribution < 1.29 is 4.79 Å². The van der Waals surface area contributed by atoms with Crippen molar-refractivity contribution in [2.24, 2.45) is 0 Å². The van der Waals surface area contributed by atoms with Crippen LogP contribution < -0.4 is 10.2 Å². The summed E-state index contributed by atoms with van der Waals surface area (Å²) in [5.41, 5.74) is 2.18. The number of rotatable bonds is 3. The number of hydrogen-bond donors (Lipinski definition) is 1. The second kappa shape index (κ2) is 6.06. The van der Waals surface area contributed by atoms with Gasteiger partial charge in [0.05, 0.1) is 5.69 Å². The molecular weight excluding hydrogens is 262 g/mol. The molecule has 0 aliphatic carbocycles. The molecule has 0 atom stereocenters. The van der Waals surface area contributed by atoms with Crippen LogP contribution in [0.5, 0.6) is 0 Å². The van der Waals surface area contributed by atoms with Crippen molar-refractivity contribution in [3.05, 3.63) is 59.3 Å². The van der Waals surface area contributed by atoms with E-state index >= 15 is 0 Å². The Kier molecular flexibility index (Phi) is 3.97. The maximum Gasteiger partial charge on any atom is 0.194 e. The molecule has 1 aromatic heterocycles. The molecule has 0 spiro atoms. The largest absolute Gasteiger partial charge is 0.354 e. The van der Waals surface area contributed by atoms with Crippen LogP contribution in [0.3, 0.4) is 0 Å². The molecule has 2 aromatic rings. The first-order valence-corrected chi connectivity index (χ1v) is 7.29. The Bertz CT molecular complexity index is 634. The van der Waals surface area contributed by atoms with E-state index in [2.05, 4.69) is 15.2 Å². The molecule has 0 unspecified atom stereocenters. The first-order chi connectivity index (χ1) is 10.3. The first-order valence-electron chi connectivity index (χ1n) is 7.29. The van der Waals surface area contributed by atoms with Crippen LogP contribution in [0.1, 0.15) is 21.6 Å². The highest BCUT2D eigenvalue weighted by Gasteiger charge is 2.16. The Morgan fingerprint density at radius 2 is 1.81 bits per heavy atom. The third-order valence-corrected chi connectivity index (χ3v) is 3.79. The molecule has 1 aromatic carbocycles. The van der Waals surface area contributed by atoms with Crippen LogP contribution in [0.15, 0.2) is 42.5 Å². The fourth-order valence-corrected chi connectivity index (χ4v) is 2.60. The number of piperazine rings is 1. The second-order valence-corrected chi connectivity index (χ2v) is 5.23. The van der Waals surface area contributed by atoms with Crippen molar-refractivity contribution in [2.75, 3.05) is 31.1 Å². The van der Waals surface area contributed by atoms with Gasteiger partial charge in [-0.05, 0) is 19.1 Å². The fraction of sp³-hybridized carbons (Fsp3) is 0.294. The van der Waals surface area contributed by atoms with E-state index in [1.54, 1.807) is 0 Å². The summed E-state index contributed by atoms with van der Waals surface area (Å²) < 4.78 is 0. The number of pyridine rings is 1. The van der Waals surface area contributed by atoms with E-state index in [1.807, 2.05) is 49.4 Å². The highest BCUT2D eigenvalue weighted by molar-refractivity contribution is 6.09. The Balaban J connectivity index is 1.86. The Morgan fingerprint density at radius 1 is 1.10 bits per heavy atom. The summed E-state index contributed by atoms with van der Waals surface area (Å²) in [6.45, 7) is 5.77. The molecule has 0 bridgehead atoms. The molecule has 4 heteroatoms. The number of nitrogens with zero attached hydrogens (tertiary/aromatic N) is 2. The molecule has 21 heavy (non-hydrogen) atoms. The SMILES string of the molecule is Cc1nc(N2CCNCC2)ccc1C(=O)c1ccccc1. The Hall–Kier alpha value is -2.20. The predicted molar refractivity (Wildman–Crippen MR) is 83.9 cm³/mol. The molecule has 0 amide bonds. The highest BCUT2D eigenvalue weighted by atomic mass is 16.1. The quantitative estimate of drug-likeness (QED) is 0.874. The van der Waals surface area contributed by atoms with Crippen molar-refractivity contribution in [3.63, 3.8) is 0 Å². The molecule has 108 valence electrons. The summed E-state index contributed by atoms with van der Waals surface area (Å²) in [5.74, 6) is 0.992. The lowest BCUT2D eigenvalue weighted by molar-refractivity contribution is 0.103. The van der Waals surface area contributed by atoms with E-state index < -0.39 is 0 Å². The molecule has 4 nitrogen and oxygen atoms in total. The lowest BCUT2D eigenvalue weighted by Crippen LogP contribution is -2.44. The van der Waals surface area contributed by atoms with Crippen molar-refractivity contribution in [1.82, 2.24) is 10.3 Å². The number of benzene rings is 1. The van der Waals surface area contributed by atoms with Crippen molar-refractivity contribution in [2.45, 2.75) is 6.92 Å². The topological polar surface area (TPSA) is 45.2 Å². The van der Waals surface area contributed by atoms with Gasteiger partial charge in [0, 0.05) is 37.3 Å². The van der Waals surface area contributed by atoms with Gasteiger partial charge in [0.25, 0.3) is 0 Å². The standard InChI is InChI=1S/C17H19N3O/c1-13-15(17(21)14-5-3-2-4-6-14)7-8-16(19-13)20-11-9-18-10-12-20/h2-8,18H,9-12H2,1H3. The average Bonchev–Trinajstić information content (AvgIpc) is 2.56. The van der Waals surface area contributed by atoms with Crippen LogP contribution in [0.4, 0.5) is 5.82 Å². The minimum Gasteiger partial charge on any atom is -0.354 e. The van der Waals surface area contributed by atoms with Crippen LogP contribution in [0, 0.1) is 6.92 Å². The summed E-state index contributed by atoms with van der Waals surface area (Å²) in [7, 11) is 0. The van der Waals surface area contributed by atoms with Gasteiger partial charge < -0.3 is 10.2 Å². The van der Waals surface area contributed by atoms with Gasteiger partial charge in [-0.2, -0.15) is 0 Å². The molecule has 0 saturated carbocycles. The number of aromatic nitrogens is 1. The summed E-state index contributed by atoms with van der Waals surface area (Å²) in [6.07, 6.45) is 0. The summed E-state index contributed by atoms with van der Waals surface area (Å²) >= 11 is 0. The number of carbonyl (C=O) groups excluding carboxylic acids is 1. The summed E-state index contributed by atoms with van der Waals surface area (Å²) in [6, 6.07) is 13.2. The maximum atomic E-state index is 12.5. The smallest absolute Gasteiger partial charge is 0.194 e. The third-order valence-electron chi connectivity index (χ3n) is 3.79. The lowest BCUT2D eigenvalue weighted by atomic mass is 10.0. The van der Waals surface area contributed by atoms with E-state index in [0.717, 1.165) is 37.7 Å². The van der Waals surface area contributed by atoms with Crippen LogP contribution in [-0.2, 0) is 0 Å². The van der Waals surface area contributed by atoms with Crippen LogP contribution in [0.2, 0.25) is 0 Å². The molecule has 1 fully saturated rings. The fourth-order valence-electron chi connectivity index (χ4n) is 2.60. The van der Waals surface area contributed by atoms with Gasteiger partial charge in [-0.25, -0.2) is 4.98 Å². The van der Waals surface area contributed by atoms with Crippen molar-refractivity contribution >= 4 is 11.6 Å². The van der Waals surface area contributed by atoms with Crippen LogP contribution in [0.25, 0.3) is 0 Å². The Labute approximate surface area is 124 Å². The molecular formula is C17H19N3O. The maximum absolute atomic E-state index is 12.5. The normalized spacial score (nSPS) is 15.0. The van der Waals surface area contributed by atoms with Gasteiger partial charge in [0.1, 0.15) is 5.82 Å². The van der Waals surface area contributed by atoms with Gasteiger partial charge in [0.15, 0.2) is 5.78 Å². The number of hydrogen-bond acceptors (Lipinski definition) is 4. The number of nitrogens with one attached hydrogen (secondary N) is 1. The van der Waals surface area contributed by atoms with Gasteiger partial charge in [-0.15, -0.1) is 0 Å². The lowest BCUT2D eigenvalue weighted by Gasteiger charge is -2.28. The number of carbonyl (C=O) groups is 1. The predicted octanol–water partition coefficient (Wildman–Crippen LogP) is 2.03. The molecule has 1 N–H and O–H groups in total. The molecule has 3 rings (SSSR count). The summed E-state index contributed by atoms with van der Waals surface area (Å²) in [4.78, 5) is 19.4. The van der Waals surface area contributed by atoms with Gasteiger partial charge in [-0.3, -0.25) is 4.79 Å². The highest BCUT2D eigenvalue weighted by Crippen LogP contribution is 2.18. The minimum atomic E-state index is 0.0347. The van der Waals surface area contributed by atoms with Crippen LogP contribution >= 0.6 is 0 Å². The van der Waals surface area contributed by atoms with Gasteiger partial charge >= 0.3 is 0 Å². The average molecular weight is 281 g/mol. The molecule has 1 aliphatic heterocycles. The van der Waals surface area contributed by atoms with E-state index in [1.165, 1.54) is 0 Å². The number of anilines is 1. The van der Waals surface area contributed by atoms with Gasteiger partial charge in [-0.1, -0.05) is 30.3 Å². The van der Waals surface area contributed by atoms with E-state index in [0.29, 0.717) is 11.1 Å². The first kappa shape index (κ1) is 13.8. The Morgan fingerprint density at radius 3 is 2.48 bits per heavy atom. The van der Waals surface area contributed by atoms with Crippen molar-refractivity contribution in [3.8, 4) is 0 Å².